The highest BCUT2D eigenvalue weighted by Gasteiger charge is 2.31. The summed E-state index contributed by atoms with van der Waals surface area (Å²) >= 11 is 0. The summed E-state index contributed by atoms with van der Waals surface area (Å²) in [6.45, 7) is 0.781. The number of hydrogen-bond acceptors (Lipinski definition) is 4. The molecule has 1 aliphatic rings. The predicted molar refractivity (Wildman–Crippen MR) is 66.6 cm³/mol. The van der Waals surface area contributed by atoms with Gasteiger partial charge in [0.15, 0.2) is 0 Å². The van der Waals surface area contributed by atoms with Gasteiger partial charge in [-0.05, 0) is 12.1 Å². The minimum absolute atomic E-state index is 0.00625. The van der Waals surface area contributed by atoms with Crippen molar-refractivity contribution in [3.05, 3.63) is 40.7 Å². The molecule has 0 saturated carbocycles. The average molecular weight is 264 g/mol. The fourth-order valence-corrected chi connectivity index (χ4v) is 2.38. The van der Waals surface area contributed by atoms with Crippen molar-refractivity contribution >= 4 is 10.9 Å². The van der Waals surface area contributed by atoms with Gasteiger partial charge in [0.05, 0.1) is 31.1 Å². The molecule has 2 atom stereocenters. The van der Waals surface area contributed by atoms with Crippen molar-refractivity contribution in [1.82, 2.24) is 9.55 Å². The van der Waals surface area contributed by atoms with E-state index in [9.17, 15) is 9.18 Å². The van der Waals surface area contributed by atoms with E-state index in [1.54, 1.807) is 13.2 Å². The van der Waals surface area contributed by atoms with Crippen LogP contribution in [0.3, 0.4) is 0 Å². The third kappa shape index (κ3) is 1.93. The molecule has 100 valence electrons. The summed E-state index contributed by atoms with van der Waals surface area (Å²) in [5.41, 5.74) is -0.0465. The third-order valence-electron chi connectivity index (χ3n) is 3.42. The van der Waals surface area contributed by atoms with Crippen LogP contribution in [0.25, 0.3) is 10.9 Å². The molecule has 1 aromatic heterocycles. The molecular weight excluding hydrogens is 251 g/mol. The van der Waals surface area contributed by atoms with Crippen molar-refractivity contribution in [3.8, 4) is 0 Å². The van der Waals surface area contributed by atoms with Crippen LogP contribution < -0.4 is 5.56 Å². The molecular formula is C13H13FN2O3. The summed E-state index contributed by atoms with van der Waals surface area (Å²) in [6, 6.07) is 4.14. The van der Waals surface area contributed by atoms with Crippen LogP contribution in [0.15, 0.2) is 29.3 Å². The van der Waals surface area contributed by atoms with Crippen LogP contribution in [0.1, 0.15) is 6.04 Å². The van der Waals surface area contributed by atoms with Crippen LogP contribution >= 0.6 is 0 Å². The SMILES string of the molecule is CO[C@H]1COC[C@@H]1n1cnc2cccc(F)c2c1=O. The zero-order chi connectivity index (χ0) is 13.4. The molecule has 6 heteroatoms. The summed E-state index contributed by atoms with van der Waals surface area (Å²) in [4.78, 5) is 16.5. The quantitative estimate of drug-likeness (QED) is 0.815. The number of fused-ring (bicyclic) bond motifs is 1. The molecule has 0 radical (unpaired) electrons. The molecule has 0 spiro atoms. The largest absolute Gasteiger partial charge is 0.377 e. The van der Waals surface area contributed by atoms with Gasteiger partial charge >= 0.3 is 0 Å². The number of hydrogen-bond donors (Lipinski definition) is 0. The van der Waals surface area contributed by atoms with Gasteiger partial charge < -0.3 is 9.47 Å². The Morgan fingerprint density at radius 1 is 1.47 bits per heavy atom. The molecule has 1 aliphatic heterocycles. The highest BCUT2D eigenvalue weighted by atomic mass is 19.1. The summed E-state index contributed by atoms with van der Waals surface area (Å²) in [5.74, 6) is -0.558. The predicted octanol–water partition coefficient (Wildman–Crippen LogP) is 1.12. The Hall–Kier alpha value is -1.79. The second-order valence-corrected chi connectivity index (χ2v) is 4.47. The number of ether oxygens (including phenoxy) is 2. The number of methoxy groups -OCH3 is 1. The topological polar surface area (TPSA) is 53.4 Å². The summed E-state index contributed by atoms with van der Waals surface area (Å²) < 4.78 is 25.7. The minimum Gasteiger partial charge on any atom is -0.377 e. The van der Waals surface area contributed by atoms with Gasteiger partial charge in [0.1, 0.15) is 17.3 Å². The van der Waals surface area contributed by atoms with E-state index in [0.29, 0.717) is 18.7 Å². The van der Waals surface area contributed by atoms with Crippen LogP contribution in [0.4, 0.5) is 4.39 Å². The Morgan fingerprint density at radius 3 is 3.11 bits per heavy atom. The van der Waals surface area contributed by atoms with Gasteiger partial charge in [-0.2, -0.15) is 0 Å². The maximum absolute atomic E-state index is 13.8. The number of rotatable bonds is 2. The van der Waals surface area contributed by atoms with Crippen molar-refractivity contribution in [2.75, 3.05) is 20.3 Å². The smallest absolute Gasteiger partial charge is 0.264 e. The first-order valence-electron chi connectivity index (χ1n) is 5.98. The van der Waals surface area contributed by atoms with Crippen LogP contribution in [-0.2, 0) is 9.47 Å². The van der Waals surface area contributed by atoms with E-state index < -0.39 is 11.4 Å². The monoisotopic (exact) mass is 264 g/mol. The van der Waals surface area contributed by atoms with Gasteiger partial charge in [0.2, 0.25) is 0 Å². The highest BCUT2D eigenvalue weighted by Crippen LogP contribution is 2.21. The fraction of sp³-hybridized carbons (Fsp3) is 0.385. The normalized spacial score (nSPS) is 23.1. The Kier molecular flexibility index (Phi) is 3.04. The molecule has 2 heterocycles. The third-order valence-corrected chi connectivity index (χ3v) is 3.42. The lowest BCUT2D eigenvalue weighted by Crippen LogP contribution is -2.33. The Labute approximate surface area is 108 Å². The Bertz CT molecular complexity index is 670. The van der Waals surface area contributed by atoms with E-state index >= 15 is 0 Å². The zero-order valence-electron chi connectivity index (χ0n) is 10.4. The summed E-state index contributed by atoms with van der Waals surface area (Å²) in [6.07, 6.45) is 1.21. The molecule has 1 fully saturated rings. The van der Waals surface area contributed by atoms with Crippen molar-refractivity contribution in [1.29, 1.82) is 0 Å². The van der Waals surface area contributed by atoms with Gasteiger partial charge in [-0.1, -0.05) is 6.07 Å². The summed E-state index contributed by atoms with van der Waals surface area (Å²) in [7, 11) is 1.56. The first kappa shape index (κ1) is 12.3. The van der Waals surface area contributed by atoms with Gasteiger partial charge in [0, 0.05) is 7.11 Å². The van der Waals surface area contributed by atoms with Gasteiger partial charge in [-0.3, -0.25) is 9.36 Å². The molecule has 5 nitrogen and oxygen atoms in total. The van der Waals surface area contributed by atoms with Gasteiger partial charge in [-0.15, -0.1) is 0 Å². The fourth-order valence-electron chi connectivity index (χ4n) is 2.38. The number of aromatic nitrogens is 2. The van der Waals surface area contributed by atoms with Gasteiger partial charge in [0.25, 0.3) is 5.56 Å². The summed E-state index contributed by atoms with van der Waals surface area (Å²) in [5, 5.41) is 0.00625. The second-order valence-electron chi connectivity index (χ2n) is 4.47. The Balaban J connectivity index is 2.18. The standard InChI is InChI=1S/C13H13FN2O3/c1-18-11-6-19-5-10(11)16-7-15-9-4-2-3-8(14)12(9)13(16)17/h2-4,7,10-11H,5-6H2,1H3/t10-,11-/m0/s1. The molecule has 0 N–H and O–H groups in total. The number of benzene rings is 1. The maximum Gasteiger partial charge on any atom is 0.264 e. The van der Waals surface area contributed by atoms with E-state index in [2.05, 4.69) is 4.98 Å². The number of nitrogens with zero attached hydrogens (tertiary/aromatic N) is 2. The molecule has 0 unspecified atom stereocenters. The van der Waals surface area contributed by atoms with Crippen LogP contribution in [0.2, 0.25) is 0 Å². The van der Waals surface area contributed by atoms with E-state index in [1.165, 1.54) is 23.0 Å². The van der Waals surface area contributed by atoms with E-state index in [1.807, 2.05) is 0 Å². The zero-order valence-corrected chi connectivity index (χ0v) is 10.4. The van der Waals surface area contributed by atoms with Crippen molar-refractivity contribution in [3.63, 3.8) is 0 Å². The lowest BCUT2D eigenvalue weighted by molar-refractivity contribution is 0.0679. The van der Waals surface area contributed by atoms with Crippen LogP contribution in [0.5, 0.6) is 0 Å². The van der Waals surface area contributed by atoms with Gasteiger partial charge in [-0.25, -0.2) is 9.37 Å². The average Bonchev–Trinajstić information content (AvgIpc) is 2.87. The lowest BCUT2D eigenvalue weighted by atomic mass is 10.2. The second kappa shape index (κ2) is 4.71. The molecule has 1 aromatic carbocycles. The lowest BCUT2D eigenvalue weighted by Gasteiger charge is -2.18. The molecule has 1 saturated heterocycles. The van der Waals surface area contributed by atoms with E-state index in [4.69, 9.17) is 9.47 Å². The molecule has 0 amide bonds. The van der Waals surface area contributed by atoms with Crippen molar-refractivity contribution in [2.24, 2.45) is 0 Å². The van der Waals surface area contributed by atoms with E-state index in [0.717, 1.165) is 0 Å². The van der Waals surface area contributed by atoms with Crippen molar-refractivity contribution in [2.45, 2.75) is 12.1 Å². The molecule has 0 aliphatic carbocycles. The Morgan fingerprint density at radius 2 is 2.32 bits per heavy atom. The number of halogens is 1. The molecule has 3 rings (SSSR count). The molecule has 2 aromatic rings. The van der Waals surface area contributed by atoms with Crippen LogP contribution in [-0.4, -0.2) is 36.0 Å². The first-order valence-corrected chi connectivity index (χ1v) is 5.98. The van der Waals surface area contributed by atoms with Crippen molar-refractivity contribution < 1.29 is 13.9 Å². The van der Waals surface area contributed by atoms with E-state index in [-0.39, 0.29) is 17.5 Å². The first-order chi connectivity index (χ1) is 9.22. The molecule has 0 bridgehead atoms. The van der Waals surface area contributed by atoms with Crippen LogP contribution in [0, 0.1) is 5.82 Å². The highest BCUT2D eigenvalue weighted by molar-refractivity contribution is 5.77. The molecule has 19 heavy (non-hydrogen) atoms. The maximum atomic E-state index is 13.8. The minimum atomic E-state index is -0.558.